The van der Waals surface area contributed by atoms with Crippen molar-refractivity contribution in [1.29, 1.82) is 0 Å². The number of halogens is 3. The predicted molar refractivity (Wildman–Crippen MR) is 141 cm³/mol. The number of aromatic nitrogens is 3. The van der Waals surface area contributed by atoms with Gasteiger partial charge in [0.05, 0.1) is 16.5 Å². The lowest BCUT2D eigenvalue weighted by Gasteiger charge is -2.14. The lowest BCUT2D eigenvalue weighted by molar-refractivity contribution is -0.137. The molecule has 194 valence electrons. The Morgan fingerprint density at radius 1 is 1.00 bits per heavy atom. The summed E-state index contributed by atoms with van der Waals surface area (Å²) in [4.78, 5) is 28.6. The van der Waals surface area contributed by atoms with E-state index in [0.717, 1.165) is 24.2 Å². The summed E-state index contributed by atoms with van der Waals surface area (Å²) in [5.41, 5.74) is 1.90. The SMILES string of the molecule is CN(C)Cc1cccc(NC(=O)c2ccc3c(c2)c2nn(C)cc2c(=O)n3-c2ccc(C(F)(F)F)cc2)c1. The molecule has 10 heteroatoms. The minimum absolute atomic E-state index is 0.272. The molecule has 2 aromatic heterocycles. The zero-order chi connectivity index (χ0) is 27.2. The zero-order valence-corrected chi connectivity index (χ0v) is 20.9. The molecular weight excluding hydrogens is 495 g/mol. The number of carbonyl (C=O) groups is 1. The number of hydrogen-bond donors (Lipinski definition) is 1. The van der Waals surface area contributed by atoms with Crippen LogP contribution in [0.4, 0.5) is 18.9 Å². The molecule has 1 amide bonds. The van der Waals surface area contributed by atoms with E-state index in [1.165, 1.54) is 21.4 Å². The molecule has 3 aromatic carbocycles. The maximum absolute atomic E-state index is 13.4. The van der Waals surface area contributed by atoms with Crippen molar-refractivity contribution in [2.24, 2.45) is 7.05 Å². The highest BCUT2D eigenvalue weighted by molar-refractivity contribution is 6.10. The van der Waals surface area contributed by atoms with Crippen LogP contribution in [-0.4, -0.2) is 39.3 Å². The molecular formula is C28H24F3N5O2. The van der Waals surface area contributed by atoms with Crippen LogP contribution >= 0.6 is 0 Å². The second-order valence-electron chi connectivity index (χ2n) is 9.37. The minimum Gasteiger partial charge on any atom is -0.322 e. The fourth-order valence-electron chi connectivity index (χ4n) is 4.51. The fourth-order valence-corrected chi connectivity index (χ4v) is 4.51. The van der Waals surface area contributed by atoms with E-state index in [1.54, 1.807) is 37.5 Å². The molecule has 0 fully saturated rings. The Kier molecular flexibility index (Phi) is 6.28. The molecule has 0 aliphatic carbocycles. The number of amides is 1. The number of hydrogen-bond acceptors (Lipinski definition) is 4. The van der Waals surface area contributed by atoms with E-state index >= 15 is 0 Å². The van der Waals surface area contributed by atoms with Crippen LogP contribution in [0, 0.1) is 0 Å². The number of rotatable bonds is 5. The van der Waals surface area contributed by atoms with Gasteiger partial charge in [-0.15, -0.1) is 0 Å². The molecule has 0 spiro atoms. The van der Waals surface area contributed by atoms with E-state index in [2.05, 4.69) is 10.4 Å². The molecule has 7 nitrogen and oxygen atoms in total. The first kappa shape index (κ1) is 25.2. The molecule has 1 N–H and O–H groups in total. The van der Waals surface area contributed by atoms with Crippen molar-refractivity contribution in [2.75, 3.05) is 19.4 Å². The number of carbonyl (C=O) groups excluding carboxylic acids is 1. The summed E-state index contributed by atoms with van der Waals surface area (Å²) >= 11 is 0. The van der Waals surface area contributed by atoms with Crippen molar-refractivity contribution in [3.63, 3.8) is 0 Å². The van der Waals surface area contributed by atoms with E-state index < -0.39 is 17.3 Å². The van der Waals surface area contributed by atoms with Crippen LogP contribution in [0.1, 0.15) is 21.5 Å². The smallest absolute Gasteiger partial charge is 0.322 e. The van der Waals surface area contributed by atoms with Crippen molar-refractivity contribution >= 4 is 33.4 Å². The third-order valence-corrected chi connectivity index (χ3v) is 6.15. The molecule has 2 heterocycles. The summed E-state index contributed by atoms with van der Waals surface area (Å²) in [6, 6.07) is 16.8. The van der Waals surface area contributed by atoms with Crippen LogP contribution < -0.4 is 10.9 Å². The number of anilines is 1. The molecule has 0 aliphatic heterocycles. The van der Waals surface area contributed by atoms with Crippen molar-refractivity contribution in [2.45, 2.75) is 12.7 Å². The van der Waals surface area contributed by atoms with Crippen LogP contribution in [0.15, 0.2) is 77.7 Å². The number of nitrogens with zero attached hydrogens (tertiary/aromatic N) is 4. The van der Waals surface area contributed by atoms with Crippen LogP contribution in [0.5, 0.6) is 0 Å². The Balaban J connectivity index is 1.60. The van der Waals surface area contributed by atoms with Gasteiger partial charge >= 0.3 is 6.18 Å². The lowest BCUT2D eigenvalue weighted by atomic mass is 10.1. The maximum atomic E-state index is 13.4. The summed E-state index contributed by atoms with van der Waals surface area (Å²) in [7, 11) is 5.59. The standard InChI is InChI=1S/C28H24F3N5O2/c1-34(2)15-17-5-4-6-20(13-17)32-26(37)18-7-12-24-22(14-18)25-23(16-35(3)33-25)27(38)36(24)21-10-8-19(9-11-21)28(29,30)31/h4-14,16H,15H2,1-3H3,(H,32,37). The summed E-state index contributed by atoms with van der Waals surface area (Å²) in [5.74, 6) is -0.342. The van der Waals surface area contributed by atoms with Crippen LogP contribution in [0.2, 0.25) is 0 Å². The first-order chi connectivity index (χ1) is 18.0. The minimum atomic E-state index is -4.49. The number of alkyl halides is 3. The molecule has 0 saturated carbocycles. The van der Waals surface area contributed by atoms with Gasteiger partial charge in [-0.3, -0.25) is 18.8 Å². The van der Waals surface area contributed by atoms with Gasteiger partial charge in [-0.2, -0.15) is 18.3 Å². The van der Waals surface area contributed by atoms with Gasteiger partial charge in [0.15, 0.2) is 0 Å². The first-order valence-corrected chi connectivity index (χ1v) is 11.8. The average molecular weight is 520 g/mol. The van der Waals surface area contributed by atoms with E-state index in [1.807, 2.05) is 37.2 Å². The van der Waals surface area contributed by atoms with Crippen molar-refractivity contribution in [3.8, 4) is 5.69 Å². The fraction of sp³-hybridized carbons (Fsp3) is 0.179. The number of fused-ring (bicyclic) bond motifs is 3. The van der Waals surface area contributed by atoms with Gasteiger partial charge in [0.1, 0.15) is 5.52 Å². The molecule has 38 heavy (non-hydrogen) atoms. The van der Waals surface area contributed by atoms with Crippen molar-refractivity contribution in [3.05, 3.63) is 100.0 Å². The molecule has 5 aromatic rings. The molecule has 0 unspecified atom stereocenters. The normalized spacial score (nSPS) is 12.0. The Morgan fingerprint density at radius 2 is 1.74 bits per heavy atom. The monoisotopic (exact) mass is 519 g/mol. The van der Waals surface area contributed by atoms with Gasteiger partial charge in [-0.05, 0) is 74.3 Å². The van der Waals surface area contributed by atoms with Crippen LogP contribution in [0.3, 0.4) is 0 Å². The Hall–Kier alpha value is -4.44. The number of aryl methyl sites for hydroxylation is 1. The Bertz CT molecular complexity index is 1730. The molecule has 0 saturated heterocycles. The molecule has 0 radical (unpaired) electrons. The van der Waals surface area contributed by atoms with Gasteiger partial charge in [0.25, 0.3) is 11.5 Å². The molecule has 0 bridgehead atoms. The Labute approximate surface area is 215 Å². The van der Waals surface area contributed by atoms with E-state index in [-0.39, 0.29) is 17.0 Å². The largest absolute Gasteiger partial charge is 0.416 e. The molecule has 0 aliphatic rings. The highest BCUT2D eigenvalue weighted by Gasteiger charge is 2.30. The summed E-state index contributed by atoms with van der Waals surface area (Å²) in [5, 5.41) is 8.14. The third-order valence-electron chi connectivity index (χ3n) is 6.15. The van der Waals surface area contributed by atoms with Gasteiger partial charge in [-0.1, -0.05) is 12.1 Å². The van der Waals surface area contributed by atoms with Gasteiger partial charge in [-0.25, -0.2) is 0 Å². The van der Waals surface area contributed by atoms with Gasteiger partial charge in [0.2, 0.25) is 0 Å². The average Bonchev–Trinajstić information content (AvgIpc) is 3.26. The molecule has 0 atom stereocenters. The Morgan fingerprint density at radius 3 is 2.42 bits per heavy atom. The van der Waals surface area contributed by atoms with E-state index in [4.69, 9.17) is 0 Å². The highest BCUT2D eigenvalue weighted by Crippen LogP contribution is 2.31. The second-order valence-corrected chi connectivity index (χ2v) is 9.37. The number of benzene rings is 3. The third kappa shape index (κ3) is 4.78. The number of nitrogens with one attached hydrogen (secondary N) is 1. The molecule has 5 rings (SSSR count). The first-order valence-electron chi connectivity index (χ1n) is 11.8. The number of pyridine rings is 1. The highest BCUT2D eigenvalue weighted by atomic mass is 19.4. The summed E-state index contributed by atoms with van der Waals surface area (Å²) in [6.45, 7) is 0.721. The van der Waals surface area contributed by atoms with Gasteiger partial charge in [0, 0.05) is 42.1 Å². The van der Waals surface area contributed by atoms with Crippen LogP contribution in [-0.2, 0) is 19.8 Å². The predicted octanol–water partition coefficient (Wildman–Crippen LogP) is 5.21. The lowest BCUT2D eigenvalue weighted by Crippen LogP contribution is -2.19. The second kappa shape index (κ2) is 9.46. The van der Waals surface area contributed by atoms with E-state index in [0.29, 0.717) is 27.7 Å². The topological polar surface area (TPSA) is 72.2 Å². The zero-order valence-electron chi connectivity index (χ0n) is 20.9. The maximum Gasteiger partial charge on any atom is 0.416 e. The van der Waals surface area contributed by atoms with E-state index in [9.17, 15) is 22.8 Å². The summed E-state index contributed by atoms with van der Waals surface area (Å²) < 4.78 is 42.1. The summed E-state index contributed by atoms with van der Waals surface area (Å²) in [6.07, 6.45) is -2.94. The van der Waals surface area contributed by atoms with Crippen molar-refractivity contribution in [1.82, 2.24) is 19.2 Å². The van der Waals surface area contributed by atoms with Crippen LogP contribution in [0.25, 0.3) is 27.5 Å². The van der Waals surface area contributed by atoms with Crippen molar-refractivity contribution < 1.29 is 18.0 Å². The quantitative estimate of drug-likeness (QED) is 0.346. The van der Waals surface area contributed by atoms with Gasteiger partial charge < -0.3 is 10.2 Å².